The number of allylic oxidation sites excluding steroid dienone is 8. The molecule has 0 heterocycles. The average molecular weight is 353 g/mol. The first kappa shape index (κ1) is 20.3. The van der Waals surface area contributed by atoms with Crippen molar-refractivity contribution in [2.45, 2.75) is 33.6 Å². The Hall–Kier alpha value is -3.04. The Morgan fingerprint density at radius 3 is 2.04 bits per heavy atom. The van der Waals surface area contributed by atoms with Crippen molar-refractivity contribution in [3.8, 4) is 23.5 Å². The van der Waals surface area contributed by atoms with Gasteiger partial charge in [-0.3, -0.25) is 0 Å². The van der Waals surface area contributed by atoms with Gasteiger partial charge in [-0.05, 0) is 59.2 Å². The molecule has 0 bridgehead atoms. The minimum absolute atomic E-state index is 1.06. The summed E-state index contributed by atoms with van der Waals surface area (Å²) in [4.78, 5) is 0. The molecule has 0 amide bonds. The van der Waals surface area contributed by atoms with Crippen LogP contribution in [-0.4, -0.2) is 0 Å². The average Bonchev–Trinajstić information content (AvgIpc) is 2.76. The maximum absolute atomic E-state index is 5.42. The zero-order valence-corrected chi connectivity index (χ0v) is 16.6. The zero-order chi connectivity index (χ0) is 19.5. The van der Waals surface area contributed by atoms with Gasteiger partial charge in [-0.25, -0.2) is 0 Å². The van der Waals surface area contributed by atoms with Crippen LogP contribution in [0.1, 0.15) is 44.7 Å². The Bertz CT molecular complexity index is 877. The van der Waals surface area contributed by atoms with Crippen molar-refractivity contribution in [1.29, 1.82) is 0 Å². The van der Waals surface area contributed by atoms with Gasteiger partial charge in [-0.1, -0.05) is 98.7 Å². The molecule has 0 aromatic heterocycles. The minimum atomic E-state index is 1.06. The molecule has 2 aromatic rings. The number of hydrogen-bond acceptors (Lipinski definition) is 0. The Morgan fingerprint density at radius 2 is 1.52 bits per heavy atom. The summed E-state index contributed by atoms with van der Waals surface area (Å²) in [6, 6.07) is 17.4. The van der Waals surface area contributed by atoms with Crippen molar-refractivity contribution >= 4 is 11.1 Å². The van der Waals surface area contributed by atoms with Crippen molar-refractivity contribution in [2.75, 3.05) is 0 Å². The first-order chi connectivity index (χ1) is 13.3. The van der Waals surface area contributed by atoms with E-state index in [1.54, 1.807) is 6.08 Å². The van der Waals surface area contributed by atoms with E-state index in [0.717, 1.165) is 24.0 Å². The highest BCUT2D eigenvalue weighted by Gasteiger charge is 2.05. The molecule has 0 heteroatoms. The normalized spacial score (nSPS) is 13.6. The van der Waals surface area contributed by atoms with Crippen LogP contribution in [0.4, 0.5) is 0 Å². The summed E-state index contributed by atoms with van der Waals surface area (Å²) in [5.41, 5.74) is 7.38. The monoisotopic (exact) mass is 352 g/mol. The third-order valence-electron chi connectivity index (χ3n) is 4.41. The molecule has 0 saturated carbocycles. The van der Waals surface area contributed by atoms with E-state index in [0.29, 0.717) is 0 Å². The van der Waals surface area contributed by atoms with Gasteiger partial charge >= 0.3 is 0 Å². The second-order valence-electron chi connectivity index (χ2n) is 6.08. The van der Waals surface area contributed by atoms with E-state index < -0.39 is 0 Å². The van der Waals surface area contributed by atoms with Crippen molar-refractivity contribution in [3.05, 3.63) is 96.1 Å². The van der Waals surface area contributed by atoms with Crippen molar-refractivity contribution in [1.82, 2.24) is 0 Å². The van der Waals surface area contributed by atoms with Crippen LogP contribution in [0.3, 0.4) is 0 Å². The molecular weight excluding hydrogens is 324 g/mol. The van der Waals surface area contributed by atoms with Crippen LogP contribution < -0.4 is 0 Å². The lowest BCUT2D eigenvalue weighted by Crippen LogP contribution is -1.88. The lowest BCUT2D eigenvalue weighted by molar-refractivity contribution is 1.05. The summed E-state index contributed by atoms with van der Waals surface area (Å²) in [6.07, 6.45) is 20.1. The molecule has 0 aliphatic heterocycles. The summed E-state index contributed by atoms with van der Waals surface area (Å²) in [6.45, 7) is 6.00. The third-order valence-corrected chi connectivity index (χ3v) is 4.41. The van der Waals surface area contributed by atoms with Gasteiger partial charge in [0.15, 0.2) is 0 Å². The molecule has 0 radical (unpaired) electrons. The third kappa shape index (κ3) is 5.47. The quantitative estimate of drug-likeness (QED) is 0.390. The standard InChI is InChI=1S/C25H22.C2H6/c1-3-8-20(9-4-2)22-12-16-24(17-13-22)25-18-14-23(15-19-25)21-10-6-5-7-11-21;1-2/h1,4-6,8-10,12-19H,7,11H2,2H3;1-2H3/b9-4-,20-8+;. The SMILES string of the molecule is C#C/C=C(\C=C/C)c1ccc(-c2ccc(C3=CC=CCC3)cc2)cc1.CC. The van der Waals surface area contributed by atoms with Crippen LogP contribution in [0.25, 0.3) is 22.3 Å². The van der Waals surface area contributed by atoms with Gasteiger partial charge in [0.2, 0.25) is 0 Å². The molecule has 0 spiro atoms. The van der Waals surface area contributed by atoms with E-state index in [1.165, 1.54) is 22.3 Å². The van der Waals surface area contributed by atoms with Crippen LogP contribution in [-0.2, 0) is 0 Å². The zero-order valence-electron chi connectivity index (χ0n) is 16.6. The molecule has 2 aromatic carbocycles. The molecule has 1 aliphatic rings. The second kappa shape index (κ2) is 10.8. The fourth-order valence-electron chi connectivity index (χ4n) is 3.07. The second-order valence-corrected chi connectivity index (χ2v) is 6.08. The lowest BCUT2D eigenvalue weighted by Gasteiger charge is -2.10. The Balaban J connectivity index is 0.00000126. The Kier molecular flexibility index (Phi) is 8.14. The highest BCUT2D eigenvalue weighted by atomic mass is 14.1. The van der Waals surface area contributed by atoms with E-state index in [2.05, 4.69) is 72.7 Å². The van der Waals surface area contributed by atoms with E-state index in [9.17, 15) is 0 Å². The maximum atomic E-state index is 5.42. The van der Waals surface area contributed by atoms with Crippen LogP contribution in [0.5, 0.6) is 0 Å². The topological polar surface area (TPSA) is 0 Å². The molecule has 0 atom stereocenters. The minimum Gasteiger partial charge on any atom is -0.115 e. The van der Waals surface area contributed by atoms with Gasteiger partial charge in [0.25, 0.3) is 0 Å². The van der Waals surface area contributed by atoms with Gasteiger partial charge in [0.1, 0.15) is 0 Å². The predicted molar refractivity (Wildman–Crippen MR) is 121 cm³/mol. The van der Waals surface area contributed by atoms with Crippen LogP contribution >= 0.6 is 0 Å². The molecule has 27 heavy (non-hydrogen) atoms. The Morgan fingerprint density at radius 1 is 0.926 bits per heavy atom. The summed E-state index contributed by atoms with van der Waals surface area (Å²) in [5, 5.41) is 0. The number of benzene rings is 2. The van der Waals surface area contributed by atoms with Crippen molar-refractivity contribution < 1.29 is 0 Å². The van der Waals surface area contributed by atoms with E-state index in [4.69, 9.17) is 6.42 Å². The van der Waals surface area contributed by atoms with Gasteiger partial charge in [-0.15, -0.1) is 6.42 Å². The first-order valence-electron chi connectivity index (χ1n) is 9.68. The van der Waals surface area contributed by atoms with Crippen LogP contribution in [0.2, 0.25) is 0 Å². The fraction of sp³-hybridized carbons (Fsp3) is 0.185. The molecule has 0 fully saturated rings. The maximum Gasteiger partial charge on any atom is -0.00431 e. The van der Waals surface area contributed by atoms with Crippen molar-refractivity contribution in [2.24, 2.45) is 0 Å². The van der Waals surface area contributed by atoms with Crippen LogP contribution in [0.15, 0.2) is 85.0 Å². The number of terminal acetylenes is 1. The summed E-state index contributed by atoms with van der Waals surface area (Å²) in [5.74, 6) is 2.61. The Labute approximate surface area is 164 Å². The molecule has 0 N–H and O–H groups in total. The number of hydrogen-bond donors (Lipinski definition) is 0. The van der Waals surface area contributed by atoms with Gasteiger partial charge in [-0.2, -0.15) is 0 Å². The van der Waals surface area contributed by atoms with Gasteiger partial charge < -0.3 is 0 Å². The van der Waals surface area contributed by atoms with Gasteiger partial charge in [0, 0.05) is 0 Å². The molecule has 1 aliphatic carbocycles. The fourth-order valence-corrected chi connectivity index (χ4v) is 3.07. The summed E-state index contributed by atoms with van der Waals surface area (Å²) in [7, 11) is 0. The predicted octanol–water partition coefficient (Wildman–Crippen LogP) is 7.71. The van der Waals surface area contributed by atoms with E-state index >= 15 is 0 Å². The van der Waals surface area contributed by atoms with Crippen LogP contribution in [0, 0.1) is 12.3 Å². The first-order valence-corrected chi connectivity index (χ1v) is 9.68. The highest BCUT2D eigenvalue weighted by molar-refractivity contribution is 5.78. The van der Waals surface area contributed by atoms with E-state index in [1.807, 2.05) is 32.9 Å². The summed E-state index contributed by atoms with van der Waals surface area (Å²) >= 11 is 0. The molecule has 0 nitrogen and oxygen atoms in total. The number of rotatable bonds is 4. The largest absolute Gasteiger partial charge is 0.115 e. The lowest BCUT2D eigenvalue weighted by atomic mass is 9.95. The molecule has 0 unspecified atom stereocenters. The molecule has 3 rings (SSSR count). The molecule has 136 valence electrons. The summed E-state index contributed by atoms with van der Waals surface area (Å²) < 4.78 is 0. The molecule has 0 saturated heterocycles. The molecular formula is C27H28. The highest BCUT2D eigenvalue weighted by Crippen LogP contribution is 2.27. The smallest absolute Gasteiger partial charge is 0.00431 e. The van der Waals surface area contributed by atoms with Crippen molar-refractivity contribution in [3.63, 3.8) is 0 Å². The van der Waals surface area contributed by atoms with E-state index in [-0.39, 0.29) is 0 Å². The van der Waals surface area contributed by atoms with Gasteiger partial charge in [0.05, 0.1) is 0 Å².